The molecule has 1 aromatic heterocycles. The van der Waals surface area contributed by atoms with E-state index in [2.05, 4.69) is 40.5 Å². The molecule has 3 N–H and O–H groups in total. The lowest BCUT2D eigenvalue weighted by atomic mass is 10.1. The zero-order chi connectivity index (χ0) is 15.7. The molecule has 0 spiro atoms. The van der Waals surface area contributed by atoms with E-state index in [9.17, 15) is 0 Å². The number of aliphatic imine (C=N–C) groups is 1. The second kappa shape index (κ2) is 5.83. The average Bonchev–Trinajstić information content (AvgIpc) is 3.02. The first kappa shape index (κ1) is 14.6. The SMILES string of the molecule is Cc1nn(C)c(C)c1CN=C(N)Nc1ccc2c(c1)CCC2. The molecule has 1 aliphatic rings. The van der Waals surface area contributed by atoms with Crippen LogP contribution in [0.15, 0.2) is 23.2 Å². The number of anilines is 1. The molecule has 0 saturated heterocycles. The third kappa shape index (κ3) is 2.84. The number of hydrogen-bond acceptors (Lipinski definition) is 2. The highest BCUT2D eigenvalue weighted by atomic mass is 15.3. The Morgan fingerprint density at radius 3 is 2.82 bits per heavy atom. The Bertz CT molecular complexity index is 727. The molecule has 116 valence electrons. The number of guanidine groups is 1. The minimum absolute atomic E-state index is 0.445. The normalized spacial score (nSPS) is 14.2. The van der Waals surface area contributed by atoms with Gasteiger partial charge in [-0.05, 0) is 56.4 Å². The lowest BCUT2D eigenvalue weighted by Crippen LogP contribution is -2.22. The molecule has 0 aliphatic heterocycles. The van der Waals surface area contributed by atoms with Crippen LogP contribution in [0.5, 0.6) is 0 Å². The molecule has 1 aromatic carbocycles. The van der Waals surface area contributed by atoms with Crippen molar-refractivity contribution in [2.45, 2.75) is 39.7 Å². The molecule has 3 rings (SSSR count). The molecular formula is C17H23N5. The zero-order valence-electron chi connectivity index (χ0n) is 13.5. The van der Waals surface area contributed by atoms with E-state index in [1.165, 1.54) is 24.0 Å². The van der Waals surface area contributed by atoms with Crippen molar-refractivity contribution in [3.63, 3.8) is 0 Å². The van der Waals surface area contributed by atoms with Crippen LogP contribution >= 0.6 is 0 Å². The van der Waals surface area contributed by atoms with Crippen molar-refractivity contribution in [3.05, 3.63) is 46.3 Å². The molecular weight excluding hydrogens is 274 g/mol. The van der Waals surface area contributed by atoms with Crippen molar-refractivity contribution in [1.29, 1.82) is 0 Å². The minimum atomic E-state index is 0.445. The van der Waals surface area contributed by atoms with Gasteiger partial charge in [0.2, 0.25) is 0 Å². The van der Waals surface area contributed by atoms with Gasteiger partial charge in [0.1, 0.15) is 0 Å². The van der Waals surface area contributed by atoms with Gasteiger partial charge in [0.25, 0.3) is 0 Å². The predicted octanol–water partition coefficient (Wildman–Crippen LogP) is 2.45. The number of rotatable bonds is 3. The van der Waals surface area contributed by atoms with Gasteiger partial charge >= 0.3 is 0 Å². The maximum absolute atomic E-state index is 6.02. The Morgan fingerprint density at radius 2 is 2.09 bits per heavy atom. The van der Waals surface area contributed by atoms with Gasteiger partial charge in [-0.1, -0.05) is 6.07 Å². The van der Waals surface area contributed by atoms with Gasteiger partial charge in [0.05, 0.1) is 12.2 Å². The van der Waals surface area contributed by atoms with Crippen LogP contribution in [0.3, 0.4) is 0 Å². The Kier molecular flexibility index (Phi) is 3.88. The molecule has 0 saturated carbocycles. The van der Waals surface area contributed by atoms with E-state index in [4.69, 9.17) is 5.73 Å². The summed E-state index contributed by atoms with van der Waals surface area (Å²) in [5.74, 6) is 0.445. The highest BCUT2D eigenvalue weighted by molar-refractivity contribution is 5.92. The number of hydrogen-bond donors (Lipinski definition) is 2. The summed E-state index contributed by atoms with van der Waals surface area (Å²) < 4.78 is 1.88. The summed E-state index contributed by atoms with van der Waals surface area (Å²) >= 11 is 0. The third-order valence-corrected chi connectivity index (χ3v) is 4.44. The van der Waals surface area contributed by atoms with Crippen molar-refractivity contribution in [2.75, 3.05) is 5.32 Å². The number of nitrogens with zero attached hydrogens (tertiary/aromatic N) is 3. The number of fused-ring (bicyclic) bond motifs is 1. The second-order valence-electron chi connectivity index (χ2n) is 5.94. The molecule has 0 unspecified atom stereocenters. The van der Waals surface area contributed by atoms with Gasteiger partial charge in [0.15, 0.2) is 5.96 Å². The van der Waals surface area contributed by atoms with Crippen molar-refractivity contribution >= 4 is 11.6 Å². The van der Waals surface area contributed by atoms with Gasteiger partial charge in [-0.3, -0.25) is 4.68 Å². The Balaban J connectivity index is 1.70. The molecule has 22 heavy (non-hydrogen) atoms. The third-order valence-electron chi connectivity index (χ3n) is 4.44. The first-order valence-corrected chi connectivity index (χ1v) is 7.72. The fourth-order valence-corrected chi connectivity index (χ4v) is 3.05. The highest BCUT2D eigenvalue weighted by Crippen LogP contribution is 2.24. The van der Waals surface area contributed by atoms with Crippen molar-refractivity contribution in [3.8, 4) is 0 Å². The monoisotopic (exact) mass is 297 g/mol. The Labute approximate surface area is 131 Å². The van der Waals surface area contributed by atoms with Crippen LogP contribution < -0.4 is 11.1 Å². The number of nitrogens with one attached hydrogen (secondary N) is 1. The largest absolute Gasteiger partial charge is 0.370 e. The summed E-state index contributed by atoms with van der Waals surface area (Å²) in [6.07, 6.45) is 3.61. The maximum atomic E-state index is 6.02. The smallest absolute Gasteiger partial charge is 0.193 e. The number of nitrogens with two attached hydrogens (primary N) is 1. The molecule has 0 atom stereocenters. The summed E-state index contributed by atoms with van der Waals surface area (Å²) in [6.45, 7) is 4.60. The van der Waals surface area contributed by atoms with Crippen LogP contribution in [0.1, 0.15) is 34.5 Å². The van der Waals surface area contributed by atoms with Crippen LogP contribution in [0.4, 0.5) is 5.69 Å². The van der Waals surface area contributed by atoms with Crippen molar-refractivity contribution in [2.24, 2.45) is 17.8 Å². The van der Waals surface area contributed by atoms with E-state index in [-0.39, 0.29) is 0 Å². The average molecular weight is 297 g/mol. The van der Waals surface area contributed by atoms with Gasteiger partial charge in [-0.15, -0.1) is 0 Å². The molecule has 5 nitrogen and oxygen atoms in total. The fraction of sp³-hybridized carbons (Fsp3) is 0.412. The van der Waals surface area contributed by atoms with Crippen LogP contribution in [-0.4, -0.2) is 15.7 Å². The van der Waals surface area contributed by atoms with Crippen LogP contribution in [-0.2, 0) is 26.4 Å². The molecule has 5 heteroatoms. The van der Waals surface area contributed by atoms with Crippen molar-refractivity contribution < 1.29 is 0 Å². The quantitative estimate of drug-likeness (QED) is 0.675. The van der Waals surface area contributed by atoms with Gasteiger partial charge in [-0.2, -0.15) is 5.10 Å². The van der Waals surface area contributed by atoms with E-state index < -0.39 is 0 Å². The number of benzene rings is 1. The Morgan fingerprint density at radius 1 is 1.32 bits per heavy atom. The Hall–Kier alpha value is -2.30. The minimum Gasteiger partial charge on any atom is -0.370 e. The van der Waals surface area contributed by atoms with Gasteiger partial charge in [-0.25, -0.2) is 4.99 Å². The molecule has 0 fully saturated rings. The van der Waals surface area contributed by atoms with Crippen LogP contribution in [0.2, 0.25) is 0 Å². The summed E-state index contributed by atoms with van der Waals surface area (Å²) in [5, 5.41) is 7.59. The predicted molar refractivity (Wildman–Crippen MR) is 90.1 cm³/mol. The molecule has 2 aromatic rings. The van der Waals surface area contributed by atoms with E-state index >= 15 is 0 Å². The second-order valence-corrected chi connectivity index (χ2v) is 5.94. The summed E-state index contributed by atoms with van der Waals surface area (Å²) in [7, 11) is 1.95. The fourth-order valence-electron chi connectivity index (χ4n) is 3.05. The standard InChI is InChI=1S/C17H23N5/c1-11-16(12(2)22(3)21-11)10-19-17(18)20-15-8-7-13-5-4-6-14(13)9-15/h7-9H,4-6,10H2,1-3H3,(H3,18,19,20). The summed E-state index contributed by atoms with van der Waals surface area (Å²) in [5.41, 5.74) is 13.2. The highest BCUT2D eigenvalue weighted by Gasteiger charge is 2.11. The zero-order valence-corrected chi connectivity index (χ0v) is 13.5. The van der Waals surface area contributed by atoms with E-state index in [0.29, 0.717) is 12.5 Å². The first-order valence-electron chi connectivity index (χ1n) is 7.72. The van der Waals surface area contributed by atoms with Gasteiger partial charge < -0.3 is 11.1 Å². The van der Waals surface area contributed by atoms with E-state index in [1.54, 1.807) is 0 Å². The van der Waals surface area contributed by atoms with Crippen molar-refractivity contribution in [1.82, 2.24) is 9.78 Å². The molecule has 1 aliphatic carbocycles. The van der Waals surface area contributed by atoms with Gasteiger partial charge in [0, 0.05) is 24.0 Å². The first-order chi connectivity index (χ1) is 10.5. The molecule has 1 heterocycles. The van der Waals surface area contributed by atoms with E-state index in [0.717, 1.165) is 29.1 Å². The number of aryl methyl sites for hydroxylation is 4. The van der Waals surface area contributed by atoms with E-state index in [1.807, 2.05) is 18.7 Å². The van der Waals surface area contributed by atoms with Crippen LogP contribution in [0, 0.1) is 13.8 Å². The lowest BCUT2D eigenvalue weighted by Gasteiger charge is -2.08. The topological polar surface area (TPSA) is 68.2 Å². The van der Waals surface area contributed by atoms with Crippen LogP contribution in [0.25, 0.3) is 0 Å². The molecule has 0 bridgehead atoms. The summed E-state index contributed by atoms with van der Waals surface area (Å²) in [4.78, 5) is 4.45. The lowest BCUT2D eigenvalue weighted by molar-refractivity contribution is 0.730. The molecule has 0 amide bonds. The maximum Gasteiger partial charge on any atom is 0.193 e. The number of aromatic nitrogens is 2. The molecule has 0 radical (unpaired) electrons. The summed E-state index contributed by atoms with van der Waals surface area (Å²) in [6, 6.07) is 6.45.